The van der Waals surface area contributed by atoms with E-state index in [1.54, 1.807) is 23.1 Å². The molecule has 1 atom stereocenters. The van der Waals surface area contributed by atoms with Crippen LogP contribution in [-0.2, 0) is 6.54 Å². The Kier molecular flexibility index (Phi) is 5.44. The van der Waals surface area contributed by atoms with Crippen molar-refractivity contribution < 1.29 is 18.3 Å². The maximum absolute atomic E-state index is 13.7. The van der Waals surface area contributed by atoms with Crippen molar-refractivity contribution >= 4 is 16.9 Å². The van der Waals surface area contributed by atoms with Crippen molar-refractivity contribution in [2.75, 3.05) is 6.61 Å². The smallest absolute Gasteiger partial charge is 0.291 e. The predicted octanol–water partition coefficient (Wildman–Crippen LogP) is 5.69. The first-order chi connectivity index (χ1) is 16.4. The van der Waals surface area contributed by atoms with E-state index < -0.39 is 6.04 Å². The minimum absolute atomic E-state index is 0.0506. The van der Waals surface area contributed by atoms with Crippen LogP contribution in [0.25, 0.3) is 11.0 Å². The van der Waals surface area contributed by atoms with Gasteiger partial charge >= 0.3 is 0 Å². The summed E-state index contributed by atoms with van der Waals surface area (Å²) in [5, 5.41) is 0.448. The van der Waals surface area contributed by atoms with Crippen molar-refractivity contribution in [3.05, 3.63) is 110 Å². The van der Waals surface area contributed by atoms with Crippen molar-refractivity contribution in [2.24, 2.45) is 0 Å². The molecule has 1 aliphatic heterocycles. The third kappa shape index (κ3) is 3.65. The summed E-state index contributed by atoms with van der Waals surface area (Å²) in [6, 6.07) is 16.3. The summed E-state index contributed by atoms with van der Waals surface area (Å²) < 4.78 is 25.2. The van der Waals surface area contributed by atoms with Gasteiger partial charge < -0.3 is 14.1 Å². The van der Waals surface area contributed by atoms with Gasteiger partial charge in [-0.3, -0.25) is 9.59 Å². The maximum Gasteiger partial charge on any atom is 0.291 e. The van der Waals surface area contributed by atoms with E-state index in [0.29, 0.717) is 28.9 Å². The number of rotatable bonds is 5. The molecular formula is C28H24FNO4. The number of carbonyl (C=O) groups is 1. The Labute approximate surface area is 196 Å². The lowest BCUT2D eigenvalue weighted by molar-refractivity contribution is 0.0714. The van der Waals surface area contributed by atoms with Gasteiger partial charge in [-0.1, -0.05) is 24.3 Å². The average Bonchev–Trinajstić information content (AvgIpc) is 3.09. The van der Waals surface area contributed by atoms with Crippen molar-refractivity contribution in [1.29, 1.82) is 0 Å². The molecule has 172 valence electrons. The number of fused-ring (bicyclic) bond motifs is 2. The Morgan fingerprint density at radius 1 is 1.00 bits per heavy atom. The van der Waals surface area contributed by atoms with Gasteiger partial charge in [0.15, 0.2) is 5.43 Å². The molecule has 2 heterocycles. The summed E-state index contributed by atoms with van der Waals surface area (Å²) in [6.07, 6.45) is 0. The summed E-state index contributed by atoms with van der Waals surface area (Å²) >= 11 is 0. The fourth-order valence-electron chi connectivity index (χ4n) is 4.51. The largest absolute Gasteiger partial charge is 0.494 e. The number of nitrogens with zero attached hydrogens (tertiary/aromatic N) is 1. The Morgan fingerprint density at radius 2 is 1.74 bits per heavy atom. The second kappa shape index (κ2) is 8.45. The van der Waals surface area contributed by atoms with E-state index in [9.17, 15) is 14.0 Å². The summed E-state index contributed by atoms with van der Waals surface area (Å²) in [6.45, 7) is 6.46. The van der Waals surface area contributed by atoms with E-state index in [1.165, 1.54) is 12.1 Å². The molecule has 34 heavy (non-hydrogen) atoms. The Hall–Kier alpha value is -3.93. The minimum atomic E-state index is -0.657. The summed E-state index contributed by atoms with van der Waals surface area (Å²) in [7, 11) is 0. The van der Waals surface area contributed by atoms with E-state index in [0.717, 1.165) is 22.3 Å². The number of ether oxygens (including phenoxy) is 1. The summed E-state index contributed by atoms with van der Waals surface area (Å²) in [5.41, 5.74) is 3.93. The van der Waals surface area contributed by atoms with Crippen LogP contribution in [0.2, 0.25) is 0 Å². The van der Waals surface area contributed by atoms with Crippen molar-refractivity contribution in [1.82, 2.24) is 4.90 Å². The normalized spacial score (nSPS) is 15.1. The minimum Gasteiger partial charge on any atom is -0.494 e. The van der Waals surface area contributed by atoms with E-state index in [1.807, 2.05) is 51.1 Å². The molecule has 1 amide bonds. The van der Waals surface area contributed by atoms with Gasteiger partial charge in [-0.2, -0.15) is 0 Å². The Balaban J connectivity index is 1.72. The van der Waals surface area contributed by atoms with Crippen LogP contribution in [0, 0.1) is 19.7 Å². The molecule has 0 fully saturated rings. The molecule has 1 aromatic heterocycles. The van der Waals surface area contributed by atoms with Crippen LogP contribution in [0.5, 0.6) is 5.75 Å². The molecule has 0 aliphatic carbocycles. The number of hydrogen-bond acceptors (Lipinski definition) is 4. The average molecular weight is 458 g/mol. The second-order valence-electron chi connectivity index (χ2n) is 8.57. The van der Waals surface area contributed by atoms with E-state index in [4.69, 9.17) is 9.15 Å². The number of benzene rings is 3. The standard InChI is InChI=1S/C28H24FNO4/c1-4-33-21-7-5-6-19(14-21)25-24-26(31)22-12-16(2)17(3)13-23(22)34-27(24)28(32)30(25)15-18-8-10-20(29)11-9-18/h5-14,25H,4,15H2,1-3H3. The molecule has 0 N–H and O–H groups in total. The van der Waals surface area contributed by atoms with Gasteiger partial charge in [-0.05, 0) is 79.4 Å². The third-order valence-electron chi connectivity index (χ3n) is 6.33. The highest BCUT2D eigenvalue weighted by Gasteiger charge is 2.42. The zero-order valence-electron chi connectivity index (χ0n) is 19.2. The van der Waals surface area contributed by atoms with Gasteiger partial charge in [0.2, 0.25) is 5.76 Å². The zero-order chi connectivity index (χ0) is 24.0. The summed E-state index contributed by atoms with van der Waals surface area (Å²) in [5.74, 6) is -0.0214. The SMILES string of the molecule is CCOc1cccc(C2c3c(oc4cc(C)c(C)cc4c3=O)C(=O)N2Cc2ccc(F)cc2)c1. The van der Waals surface area contributed by atoms with Crippen LogP contribution in [0.1, 0.15) is 51.3 Å². The zero-order valence-corrected chi connectivity index (χ0v) is 19.2. The molecule has 0 saturated carbocycles. The highest BCUT2D eigenvalue weighted by Crippen LogP contribution is 2.40. The molecule has 1 aliphatic rings. The first-order valence-corrected chi connectivity index (χ1v) is 11.2. The summed E-state index contributed by atoms with van der Waals surface area (Å²) in [4.78, 5) is 28.9. The predicted molar refractivity (Wildman–Crippen MR) is 128 cm³/mol. The highest BCUT2D eigenvalue weighted by molar-refractivity contribution is 5.99. The number of hydrogen-bond donors (Lipinski definition) is 0. The fourth-order valence-corrected chi connectivity index (χ4v) is 4.51. The quantitative estimate of drug-likeness (QED) is 0.386. The first-order valence-electron chi connectivity index (χ1n) is 11.2. The molecular weight excluding hydrogens is 433 g/mol. The van der Waals surface area contributed by atoms with E-state index in [2.05, 4.69) is 0 Å². The van der Waals surface area contributed by atoms with Crippen LogP contribution in [-0.4, -0.2) is 17.4 Å². The van der Waals surface area contributed by atoms with Gasteiger partial charge in [0.05, 0.1) is 23.6 Å². The molecule has 4 aromatic rings. The van der Waals surface area contributed by atoms with Gasteiger partial charge in [0.25, 0.3) is 5.91 Å². The van der Waals surface area contributed by atoms with Crippen LogP contribution >= 0.6 is 0 Å². The highest BCUT2D eigenvalue weighted by atomic mass is 19.1. The fraction of sp³-hybridized carbons (Fsp3) is 0.214. The lowest BCUT2D eigenvalue weighted by Crippen LogP contribution is -2.29. The molecule has 1 unspecified atom stereocenters. The van der Waals surface area contributed by atoms with Crippen LogP contribution in [0.15, 0.2) is 69.9 Å². The van der Waals surface area contributed by atoms with Crippen molar-refractivity contribution in [3.63, 3.8) is 0 Å². The third-order valence-corrected chi connectivity index (χ3v) is 6.33. The molecule has 0 spiro atoms. The number of carbonyl (C=O) groups excluding carboxylic acids is 1. The second-order valence-corrected chi connectivity index (χ2v) is 8.57. The molecule has 5 nitrogen and oxygen atoms in total. The van der Waals surface area contributed by atoms with Gasteiger partial charge in [0.1, 0.15) is 17.1 Å². The van der Waals surface area contributed by atoms with Crippen LogP contribution < -0.4 is 10.2 Å². The molecule has 0 radical (unpaired) electrons. The van der Waals surface area contributed by atoms with E-state index in [-0.39, 0.29) is 29.5 Å². The van der Waals surface area contributed by atoms with Gasteiger partial charge in [-0.25, -0.2) is 4.39 Å². The topological polar surface area (TPSA) is 59.8 Å². The van der Waals surface area contributed by atoms with Crippen molar-refractivity contribution in [2.45, 2.75) is 33.4 Å². The van der Waals surface area contributed by atoms with Crippen LogP contribution in [0.3, 0.4) is 0 Å². The van der Waals surface area contributed by atoms with E-state index >= 15 is 0 Å². The van der Waals surface area contributed by atoms with Crippen molar-refractivity contribution in [3.8, 4) is 5.75 Å². The molecule has 5 rings (SSSR count). The molecule has 3 aromatic carbocycles. The lowest BCUT2D eigenvalue weighted by Gasteiger charge is -2.25. The number of aryl methyl sites for hydroxylation is 2. The lowest BCUT2D eigenvalue weighted by atomic mass is 9.97. The van der Waals surface area contributed by atoms with Gasteiger partial charge in [-0.15, -0.1) is 0 Å². The number of amides is 1. The molecule has 0 bridgehead atoms. The number of halogens is 1. The molecule has 0 saturated heterocycles. The Bertz CT molecular complexity index is 1470. The monoisotopic (exact) mass is 457 g/mol. The Morgan fingerprint density at radius 3 is 2.47 bits per heavy atom. The molecule has 6 heteroatoms. The van der Waals surface area contributed by atoms with Crippen LogP contribution in [0.4, 0.5) is 4.39 Å². The maximum atomic E-state index is 13.7. The van der Waals surface area contributed by atoms with Gasteiger partial charge in [0, 0.05) is 6.54 Å². The first kappa shape index (κ1) is 21.9.